The zero-order valence-corrected chi connectivity index (χ0v) is 14.9. The Morgan fingerprint density at radius 2 is 1.27 bits per heavy atom. The minimum absolute atomic E-state index is 0.350. The van der Waals surface area contributed by atoms with E-state index in [0.717, 1.165) is 11.1 Å². The Morgan fingerprint density at radius 3 is 1.85 bits per heavy atom. The summed E-state index contributed by atoms with van der Waals surface area (Å²) in [5, 5.41) is 2.55. The normalized spacial score (nSPS) is 10.6. The van der Waals surface area contributed by atoms with E-state index in [1.165, 1.54) is 14.2 Å². The SMILES string of the molecule is COC(=O)Oc1c2ccccc2c(OC(=O)OC)c2c(C)c(C)ccc12. The Bertz CT molecular complexity index is 1020. The monoisotopic (exact) mass is 354 g/mol. The third-order valence-electron chi connectivity index (χ3n) is 4.33. The maximum Gasteiger partial charge on any atom is 0.513 e. The lowest BCUT2D eigenvalue weighted by molar-refractivity contribution is 0.120. The van der Waals surface area contributed by atoms with E-state index in [0.29, 0.717) is 33.0 Å². The number of carbonyl (C=O) groups excluding carboxylic acids is 2. The van der Waals surface area contributed by atoms with E-state index >= 15 is 0 Å². The molecule has 134 valence electrons. The maximum absolute atomic E-state index is 11.8. The van der Waals surface area contributed by atoms with Crippen LogP contribution in [0.2, 0.25) is 0 Å². The van der Waals surface area contributed by atoms with Crippen molar-refractivity contribution in [2.75, 3.05) is 14.2 Å². The van der Waals surface area contributed by atoms with E-state index in [4.69, 9.17) is 9.47 Å². The molecule has 0 unspecified atom stereocenters. The lowest BCUT2D eigenvalue weighted by atomic mass is 9.95. The van der Waals surface area contributed by atoms with Gasteiger partial charge in [0, 0.05) is 21.5 Å². The molecule has 0 bridgehead atoms. The number of fused-ring (bicyclic) bond motifs is 2. The van der Waals surface area contributed by atoms with Gasteiger partial charge in [-0.15, -0.1) is 0 Å². The molecule has 0 heterocycles. The molecule has 26 heavy (non-hydrogen) atoms. The first-order valence-corrected chi connectivity index (χ1v) is 7.94. The van der Waals surface area contributed by atoms with Gasteiger partial charge in [0.1, 0.15) is 5.75 Å². The largest absolute Gasteiger partial charge is 0.513 e. The average molecular weight is 354 g/mol. The first-order chi connectivity index (χ1) is 12.5. The summed E-state index contributed by atoms with van der Waals surface area (Å²) < 4.78 is 20.2. The molecule has 0 aromatic heterocycles. The van der Waals surface area contributed by atoms with E-state index in [1.807, 2.05) is 32.0 Å². The summed E-state index contributed by atoms with van der Waals surface area (Å²) in [7, 11) is 2.50. The number of carbonyl (C=O) groups is 2. The van der Waals surface area contributed by atoms with Crippen LogP contribution in [0.25, 0.3) is 21.5 Å². The van der Waals surface area contributed by atoms with Crippen LogP contribution in [0.4, 0.5) is 9.59 Å². The lowest BCUT2D eigenvalue weighted by Crippen LogP contribution is -2.11. The maximum atomic E-state index is 11.8. The highest BCUT2D eigenvalue weighted by atomic mass is 16.7. The van der Waals surface area contributed by atoms with Gasteiger partial charge in [0.05, 0.1) is 14.2 Å². The fourth-order valence-corrected chi connectivity index (χ4v) is 2.92. The zero-order chi connectivity index (χ0) is 18.8. The number of methoxy groups -OCH3 is 2. The molecule has 0 aliphatic rings. The molecular weight excluding hydrogens is 336 g/mol. The van der Waals surface area contributed by atoms with Gasteiger partial charge in [-0.1, -0.05) is 36.4 Å². The summed E-state index contributed by atoms with van der Waals surface area (Å²) in [4.78, 5) is 23.6. The fourth-order valence-electron chi connectivity index (χ4n) is 2.92. The molecule has 0 amide bonds. The molecule has 0 spiro atoms. The van der Waals surface area contributed by atoms with Crippen molar-refractivity contribution in [3.8, 4) is 11.5 Å². The number of aryl methyl sites for hydroxylation is 2. The predicted molar refractivity (Wildman–Crippen MR) is 97.0 cm³/mol. The van der Waals surface area contributed by atoms with Gasteiger partial charge in [-0.2, -0.15) is 0 Å². The van der Waals surface area contributed by atoms with Crippen LogP contribution in [0.3, 0.4) is 0 Å². The molecule has 0 atom stereocenters. The number of benzene rings is 3. The standard InChI is InChI=1S/C20H18O6/c1-11-9-10-15-16(12(11)2)18(26-20(22)24-4)14-8-6-5-7-13(14)17(15)25-19(21)23-3/h5-10H,1-4H3. The van der Waals surface area contributed by atoms with Crippen LogP contribution < -0.4 is 9.47 Å². The minimum Gasteiger partial charge on any atom is -0.437 e. The summed E-state index contributed by atoms with van der Waals surface area (Å²) in [6.07, 6.45) is -1.64. The molecule has 0 N–H and O–H groups in total. The van der Waals surface area contributed by atoms with Gasteiger partial charge in [-0.25, -0.2) is 9.59 Å². The van der Waals surface area contributed by atoms with Crippen LogP contribution in [-0.2, 0) is 9.47 Å². The van der Waals surface area contributed by atoms with Gasteiger partial charge in [0.25, 0.3) is 0 Å². The van der Waals surface area contributed by atoms with E-state index in [1.54, 1.807) is 18.2 Å². The van der Waals surface area contributed by atoms with Gasteiger partial charge in [0.15, 0.2) is 5.75 Å². The van der Waals surface area contributed by atoms with Crippen molar-refractivity contribution in [1.82, 2.24) is 0 Å². The Hall–Kier alpha value is -3.28. The third-order valence-corrected chi connectivity index (χ3v) is 4.33. The Balaban J connectivity index is 2.47. The van der Waals surface area contributed by atoms with Crippen molar-refractivity contribution in [2.24, 2.45) is 0 Å². The van der Waals surface area contributed by atoms with E-state index < -0.39 is 12.3 Å². The Kier molecular flexibility index (Phi) is 4.67. The number of hydrogen-bond donors (Lipinski definition) is 0. The third kappa shape index (κ3) is 2.90. The van der Waals surface area contributed by atoms with Crippen LogP contribution in [0.15, 0.2) is 36.4 Å². The molecule has 0 radical (unpaired) electrons. The Morgan fingerprint density at radius 1 is 0.731 bits per heavy atom. The van der Waals surface area contributed by atoms with Crippen molar-refractivity contribution in [1.29, 1.82) is 0 Å². The van der Waals surface area contributed by atoms with Crippen molar-refractivity contribution in [2.45, 2.75) is 13.8 Å². The molecule has 6 nitrogen and oxygen atoms in total. The highest BCUT2D eigenvalue weighted by molar-refractivity contribution is 6.13. The summed E-state index contributed by atoms with van der Waals surface area (Å²) in [5.74, 6) is 0.712. The van der Waals surface area contributed by atoms with Gasteiger partial charge >= 0.3 is 12.3 Å². The highest BCUT2D eigenvalue weighted by Gasteiger charge is 2.22. The van der Waals surface area contributed by atoms with Crippen LogP contribution >= 0.6 is 0 Å². The molecule has 0 saturated heterocycles. The molecular formula is C20H18O6. The smallest absolute Gasteiger partial charge is 0.437 e. The summed E-state index contributed by atoms with van der Waals surface area (Å²) in [5.41, 5.74) is 1.91. The van der Waals surface area contributed by atoms with Gasteiger partial charge in [0.2, 0.25) is 0 Å². The number of hydrogen-bond acceptors (Lipinski definition) is 6. The van der Waals surface area contributed by atoms with Gasteiger partial charge < -0.3 is 18.9 Å². The lowest BCUT2D eigenvalue weighted by Gasteiger charge is -2.17. The second-order valence-electron chi connectivity index (χ2n) is 5.75. The zero-order valence-electron chi connectivity index (χ0n) is 14.9. The summed E-state index contributed by atoms with van der Waals surface area (Å²) >= 11 is 0. The van der Waals surface area contributed by atoms with Crippen molar-refractivity contribution >= 4 is 33.9 Å². The predicted octanol–water partition coefficient (Wildman–Crippen LogP) is 4.90. The van der Waals surface area contributed by atoms with Crippen molar-refractivity contribution < 1.29 is 28.5 Å². The fraction of sp³-hybridized carbons (Fsp3) is 0.200. The molecule has 0 aliphatic carbocycles. The van der Waals surface area contributed by atoms with Crippen LogP contribution in [0.5, 0.6) is 11.5 Å². The van der Waals surface area contributed by atoms with Gasteiger partial charge in [-0.3, -0.25) is 0 Å². The van der Waals surface area contributed by atoms with Crippen LogP contribution in [0, 0.1) is 13.8 Å². The van der Waals surface area contributed by atoms with Crippen LogP contribution in [0.1, 0.15) is 11.1 Å². The van der Waals surface area contributed by atoms with Crippen molar-refractivity contribution in [3.63, 3.8) is 0 Å². The highest BCUT2D eigenvalue weighted by Crippen LogP contribution is 2.44. The quantitative estimate of drug-likeness (QED) is 0.370. The van der Waals surface area contributed by atoms with Crippen LogP contribution in [-0.4, -0.2) is 26.5 Å². The summed E-state index contributed by atoms with van der Waals surface area (Å²) in [6.45, 7) is 3.87. The molecule has 0 saturated carbocycles. The first-order valence-electron chi connectivity index (χ1n) is 7.94. The molecule has 0 fully saturated rings. The second-order valence-corrected chi connectivity index (χ2v) is 5.75. The van der Waals surface area contributed by atoms with E-state index in [9.17, 15) is 9.59 Å². The minimum atomic E-state index is -0.823. The second kappa shape index (κ2) is 6.92. The number of rotatable bonds is 2. The summed E-state index contributed by atoms with van der Waals surface area (Å²) in [6, 6.07) is 10.9. The number of ether oxygens (including phenoxy) is 4. The topological polar surface area (TPSA) is 71.1 Å². The molecule has 3 rings (SSSR count). The Labute approximate surface area is 150 Å². The van der Waals surface area contributed by atoms with Gasteiger partial charge in [-0.05, 0) is 25.0 Å². The molecule has 3 aromatic rings. The van der Waals surface area contributed by atoms with E-state index in [2.05, 4.69) is 9.47 Å². The van der Waals surface area contributed by atoms with E-state index in [-0.39, 0.29) is 0 Å². The van der Waals surface area contributed by atoms with Crippen molar-refractivity contribution in [3.05, 3.63) is 47.5 Å². The molecule has 0 aliphatic heterocycles. The average Bonchev–Trinajstić information content (AvgIpc) is 2.66. The first kappa shape index (κ1) is 17.5. The molecule has 6 heteroatoms. The molecule has 3 aromatic carbocycles.